The molecule has 3 aromatic rings. The van der Waals surface area contributed by atoms with Crippen molar-refractivity contribution in [3.8, 4) is 11.5 Å². The molecule has 0 aliphatic heterocycles. The topological polar surface area (TPSA) is 60.3 Å². The van der Waals surface area contributed by atoms with Crippen LogP contribution in [0.5, 0.6) is 11.5 Å². The van der Waals surface area contributed by atoms with Gasteiger partial charge >= 0.3 is 4.87 Å². The van der Waals surface area contributed by atoms with Crippen molar-refractivity contribution in [2.45, 2.75) is 26.4 Å². The lowest BCUT2D eigenvalue weighted by molar-refractivity contribution is -0.121. The number of thiazole rings is 1. The minimum Gasteiger partial charge on any atom is -0.457 e. The molecule has 0 saturated heterocycles. The Morgan fingerprint density at radius 2 is 1.74 bits per heavy atom. The minimum absolute atomic E-state index is 0.0444. The van der Waals surface area contributed by atoms with Crippen molar-refractivity contribution in [1.29, 1.82) is 0 Å². The molecule has 7 heteroatoms. The number of halogens is 1. The Labute approximate surface area is 160 Å². The maximum atomic E-state index is 12.9. The van der Waals surface area contributed by atoms with E-state index in [9.17, 15) is 14.0 Å². The van der Waals surface area contributed by atoms with Crippen molar-refractivity contribution < 1.29 is 13.9 Å². The molecule has 0 unspecified atom stereocenters. The fraction of sp³-hybridized carbons (Fsp3) is 0.200. The highest BCUT2D eigenvalue weighted by atomic mass is 32.1. The molecule has 140 valence electrons. The molecule has 1 amide bonds. The van der Waals surface area contributed by atoms with Gasteiger partial charge in [-0.15, -0.1) is 0 Å². The van der Waals surface area contributed by atoms with E-state index in [2.05, 4.69) is 5.32 Å². The summed E-state index contributed by atoms with van der Waals surface area (Å²) in [6.07, 6.45) is 0.253. The number of carbonyl (C=O) groups excluding carboxylic acids is 1. The van der Waals surface area contributed by atoms with Crippen molar-refractivity contribution in [3.05, 3.63) is 80.7 Å². The molecule has 5 nitrogen and oxygen atoms in total. The number of aromatic nitrogens is 1. The number of nitrogens with one attached hydrogen (secondary N) is 1. The van der Waals surface area contributed by atoms with Gasteiger partial charge in [-0.25, -0.2) is 4.39 Å². The van der Waals surface area contributed by atoms with E-state index in [0.717, 1.165) is 22.6 Å². The van der Waals surface area contributed by atoms with Gasteiger partial charge in [-0.3, -0.25) is 9.59 Å². The van der Waals surface area contributed by atoms with E-state index in [1.807, 2.05) is 19.1 Å². The molecule has 0 spiro atoms. The third kappa shape index (κ3) is 5.27. The summed E-state index contributed by atoms with van der Waals surface area (Å²) < 4.78 is 20.1. The molecule has 1 aromatic heterocycles. The van der Waals surface area contributed by atoms with Gasteiger partial charge in [0.1, 0.15) is 17.3 Å². The quantitative estimate of drug-likeness (QED) is 0.671. The molecule has 0 saturated carbocycles. The van der Waals surface area contributed by atoms with Gasteiger partial charge < -0.3 is 14.6 Å². The first kappa shape index (κ1) is 18.8. The molecule has 1 N–H and O–H groups in total. The van der Waals surface area contributed by atoms with E-state index in [-0.39, 0.29) is 23.0 Å². The van der Waals surface area contributed by atoms with E-state index in [1.54, 1.807) is 34.2 Å². The molecule has 27 heavy (non-hydrogen) atoms. The van der Waals surface area contributed by atoms with Gasteiger partial charge in [0.25, 0.3) is 0 Å². The summed E-state index contributed by atoms with van der Waals surface area (Å²) in [6.45, 7) is 2.63. The van der Waals surface area contributed by atoms with E-state index >= 15 is 0 Å². The Balaban J connectivity index is 1.47. The van der Waals surface area contributed by atoms with Gasteiger partial charge in [-0.05, 0) is 48.9 Å². The molecular weight excluding hydrogens is 367 g/mol. The number of aryl methyl sites for hydroxylation is 1. The van der Waals surface area contributed by atoms with E-state index in [4.69, 9.17) is 4.74 Å². The van der Waals surface area contributed by atoms with Gasteiger partial charge in [0.15, 0.2) is 0 Å². The number of amides is 1. The number of nitrogens with zero attached hydrogens (tertiary/aromatic N) is 1. The third-order valence-corrected chi connectivity index (χ3v) is 4.88. The monoisotopic (exact) mass is 386 g/mol. The highest BCUT2D eigenvalue weighted by molar-refractivity contribution is 7.07. The molecule has 0 atom stereocenters. The lowest BCUT2D eigenvalue weighted by Gasteiger charge is -2.09. The van der Waals surface area contributed by atoms with Crippen LogP contribution in [0.25, 0.3) is 0 Å². The Hall–Kier alpha value is -2.93. The fourth-order valence-corrected chi connectivity index (χ4v) is 3.25. The molecule has 2 aromatic carbocycles. The summed E-state index contributed by atoms with van der Waals surface area (Å²) in [7, 11) is 0. The van der Waals surface area contributed by atoms with Crippen LogP contribution in [0.15, 0.2) is 58.7 Å². The van der Waals surface area contributed by atoms with Crippen molar-refractivity contribution in [2.24, 2.45) is 0 Å². The molecule has 0 bridgehead atoms. The zero-order valence-electron chi connectivity index (χ0n) is 14.8. The zero-order valence-corrected chi connectivity index (χ0v) is 15.6. The lowest BCUT2D eigenvalue weighted by Crippen LogP contribution is -2.25. The zero-order chi connectivity index (χ0) is 19.2. The second-order valence-electron chi connectivity index (χ2n) is 6.02. The maximum absolute atomic E-state index is 12.9. The predicted octanol–water partition coefficient (Wildman–Crippen LogP) is 3.86. The fourth-order valence-electron chi connectivity index (χ4n) is 2.49. The van der Waals surface area contributed by atoms with Crippen molar-refractivity contribution in [1.82, 2.24) is 9.88 Å². The molecule has 0 aliphatic rings. The molecule has 3 rings (SSSR count). The number of rotatable bonds is 7. The van der Waals surface area contributed by atoms with Gasteiger partial charge in [-0.1, -0.05) is 23.5 Å². The molecule has 1 heterocycles. The van der Waals surface area contributed by atoms with Crippen LogP contribution in [0.4, 0.5) is 4.39 Å². The van der Waals surface area contributed by atoms with Gasteiger partial charge in [-0.2, -0.15) is 0 Å². The lowest BCUT2D eigenvalue weighted by atomic mass is 10.2. The first-order valence-electron chi connectivity index (χ1n) is 8.45. The Kier molecular flexibility index (Phi) is 6.03. The molecule has 0 fully saturated rings. The Morgan fingerprint density at radius 3 is 2.33 bits per heavy atom. The van der Waals surface area contributed by atoms with Crippen LogP contribution in [0.2, 0.25) is 0 Å². The number of hydrogen-bond acceptors (Lipinski definition) is 4. The first-order valence-corrected chi connectivity index (χ1v) is 9.33. The smallest absolute Gasteiger partial charge is 0.307 e. The molecule has 0 aliphatic carbocycles. The van der Waals surface area contributed by atoms with Crippen LogP contribution in [0.3, 0.4) is 0 Å². The van der Waals surface area contributed by atoms with Gasteiger partial charge in [0.2, 0.25) is 5.91 Å². The number of hydrogen-bond donors (Lipinski definition) is 1. The van der Waals surface area contributed by atoms with Crippen LogP contribution in [0, 0.1) is 12.7 Å². The summed E-state index contributed by atoms with van der Waals surface area (Å²) in [5, 5.41) is 4.63. The second-order valence-corrected chi connectivity index (χ2v) is 6.84. The van der Waals surface area contributed by atoms with Crippen LogP contribution in [-0.4, -0.2) is 10.5 Å². The number of benzene rings is 2. The van der Waals surface area contributed by atoms with E-state index in [1.165, 1.54) is 12.1 Å². The third-order valence-electron chi connectivity index (χ3n) is 4.00. The van der Waals surface area contributed by atoms with E-state index in [0.29, 0.717) is 24.6 Å². The predicted molar refractivity (Wildman–Crippen MR) is 103 cm³/mol. The largest absolute Gasteiger partial charge is 0.457 e. The summed E-state index contributed by atoms with van der Waals surface area (Å²) in [5.41, 5.74) is 1.80. The summed E-state index contributed by atoms with van der Waals surface area (Å²) >= 11 is 1.14. The average Bonchev–Trinajstić information content (AvgIpc) is 2.99. The summed E-state index contributed by atoms with van der Waals surface area (Å²) in [4.78, 5) is 23.6. The van der Waals surface area contributed by atoms with Crippen LogP contribution < -0.4 is 14.9 Å². The summed E-state index contributed by atoms with van der Waals surface area (Å²) in [6, 6.07) is 13.1. The number of ether oxygens (including phenoxy) is 1. The average molecular weight is 386 g/mol. The highest BCUT2D eigenvalue weighted by Crippen LogP contribution is 2.21. The van der Waals surface area contributed by atoms with Crippen molar-refractivity contribution in [2.75, 3.05) is 0 Å². The highest BCUT2D eigenvalue weighted by Gasteiger charge is 2.06. The first-order chi connectivity index (χ1) is 13.0. The van der Waals surface area contributed by atoms with Gasteiger partial charge in [0.05, 0.1) is 0 Å². The van der Waals surface area contributed by atoms with Crippen LogP contribution in [-0.2, 0) is 17.9 Å². The Bertz CT molecular complexity index is 962. The number of carbonyl (C=O) groups is 1. The Morgan fingerprint density at radius 1 is 1.11 bits per heavy atom. The van der Waals surface area contributed by atoms with Gasteiger partial charge in [0, 0.05) is 30.6 Å². The molecule has 0 radical (unpaired) electrons. The standard InChI is InChI=1S/C20H19FN2O3S/c1-14-13-27-20(25)23(14)11-10-19(24)22-12-15-2-6-17(7-3-15)26-18-8-4-16(21)5-9-18/h2-9,13H,10-12H2,1H3,(H,22,24). The minimum atomic E-state index is -0.313. The second kappa shape index (κ2) is 8.64. The van der Waals surface area contributed by atoms with E-state index < -0.39 is 0 Å². The van der Waals surface area contributed by atoms with Crippen LogP contribution >= 0.6 is 11.3 Å². The normalized spacial score (nSPS) is 10.6. The van der Waals surface area contributed by atoms with Crippen LogP contribution in [0.1, 0.15) is 17.7 Å². The molecular formula is C20H19FN2O3S. The van der Waals surface area contributed by atoms with Crippen molar-refractivity contribution in [3.63, 3.8) is 0 Å². The summed E-state index contributed by atoms with van der Waals surface area (Å²) in [5.74, 6) is 0.757. The maximum Gasteiger partial charge on any atom is 0.307 e. The SMILES string of the molecule is Cc1csc(=O)n1CCC(=O)NCc1ccc(Oc2ccc(F)cc2)cc1. The van der Waals surface area contributed by atoms with Crippen molar-refractivity contribution >= 4 is 17.2 Å².